The van der Waals surface area contributed by atoms with Gasteiger partial charge in [-0.05, 0) is 30.5 Å². The van der Waals surface area contributed by atoms with Crippen molar-refractivity contribution in [2.24, 2.45) is 4.99 Å². The number of methoxy groups -OCH3 is 1. The second-order valence-electron chi connectivity index (χ2n) is 6.35. The maximum Gasteiger partial charge on any atom is 0.191 e. The zero-order chi connectivity index (χ0) is 20.4. The van der Waals surface area contributed by atoms with E-state index >= 15 is 0 Å². The Hall–Kier alpha value is -2.70. The minimum Gasteiger partial charge on any atom is -0.493 e. The van der Waals surface area contributed by atoms with Crippen LogP contribution in [0.3, 0.4) is 0 Å². The number of hydrogen-bond donors (Lipinski definition) is 2. The first kappa shape index (κ1) is 21.6. The second kappa shape index (κ2) is 11.2. The lowest BCUT2D eigenvalue weighted by molar-refractivity contribution is 0.294. The summed E-state index contributed by atoms with van der Waals surface area (Å²) in [6, 6.07) is 5.95. The zero-order valence-electron chi connectivity index (χ0n) is 17.6. The van der Waals surface area contributed by atoms with Crippen molar-refractivity contribution in [3.8, 4) is 11.5 Å². The molecular weight excluding hydrogens is 356 g/mol. The van der Waals surface area contributed by atoms with Crippen molar-refractivity contribution < 1.29 is 14.0 Å². The lowest BCUT2D eigenvalue weighted by Gasteiger charge is -2.14. The van der Waals surface area contributed by atoms with Gasteiger partial charge in [-0.3, -0.25) is 4.99 Å². The summed E-state index contributed by atoms with van der Waals surface area (Å²) in [7, 11) is 3.41. The van der Waals surface area contributed by atoms with Crippen LogP contribution in [0.25, 0.3) is 0 Å². The van der Waals surface area contributed by atoms with Gasteiger partial charge in [-0.15, -0.1) is 0 Å². The predicted octanol–water partition coefficient (Wildman–Crippen LogP) is 3.46. The standard InChI is InChI=1S/C21H32N4O3/c1-6-11-27-19-10-9-15(12-20(19)26-5)13-23-21(22-4)24-14-16-17(7-2)25-28-18(16)8-3/h9-10,12H,6-8,11,13-14H2,1-5H3,(H2,22,23,24). The van der Waals surface area contributed by atoms with E-state index in [0.29, 0.717) is 19.7 Å². The molecule has 2 rings (SSSR count). The number of hydrogen-bond acceptors (Lipinski definition) is 5. The molecular formula is C21H32N4O3. The fourth-order valence-corrected chi connectivity index (χ4v) is 2.87. The Labute approximate surface area is 167 Å². The van der Waals surface area contributed by atoms with Gasteiger partial charge in [0.25, 0.3) is 0 Å². The van der Waals surface area contributed by atoms with E-state index in [0.717, 1.165) is 59.3 Å². The number of aliphatic imine (C=N–C) groups is 1. The fourth-order valence-electron chi connectivity index (χ4n) is 2.87. The van der Waals surface area contributed by atoms with Crippen LogP contribution in [0.1, 0.15) is 49.8 Å². The van der Waals surface area contributed by atoms with Crippen molar-refractivity contribution in [2.45, 2.75) is 53.1 Å². The van der Waals surface area contributed by atoms with Gasteiger partial charge in [0.05, 0.1) is 19.4 Å². The van der Waals surface area contributed by atoms with Crippen LogP contribution in [-0.4, -0.2) is 31.9 Å². The van der Waals surface area contributed by atoms with E-state index in [1.165, 1.54) is 0 Å². The Morgan fingerprint density at radius 2 is 1.89 bits per heavy atom. The summed E-state index contributed by atoms with van der Waals surface area (Å²) in [6.07, 6.45) is 2.63. The molecule has 0 unspecified atom stereocenters. The Morgan fingerprint density at radius 3 is 2.54 bits per heavy atom. The number of ether oxygens (including phenoxy) is 2. The smallest absolute Gasteiger partial charge is 0.191 e. The molecule has 2 aromatic rings. The summed E-state index contributed by atoms with van der Waals surface area (Å²) < 4.78 is 16.6. The minimum atomic E-state index is 0.620. The van der Waals surface area contributed by atoms with E-state index < -0.39 is 0 Å². The molecule has 1 aromatic heterocycles. The van der Waals surface area contributed by atoms with Crippen molar-refractivity contribution >= 4 is 5.96 Å². The summed E-state index contributed by atoms with van der Waals surface area (Å²) >= 11 is 0. The highest BCUT2D eigenvalue weighted by Gasteiger charge is 2.13. The number of nitrogens with one attached hydrogen (secondary N) is 2. The summed E-state index contributed by atoms with van der Waals surface area (Å²) in [5, 5.41) is 10.8. The van der Waals surface area contributed by atoms with Crippen molar-refractivity contribution in [3.05, 3.63) is 40.8 Å². The molecule has 1 aromatic carbocycles. The zero-order valence-corrected chi connectivity index (χ0v) is 17.6. The van der Waals surface area contributed by atoms with Crippen LogP contribution in [-0.2, 0) is 25.9 Å². The number of nitrogens with zero attached hydrogens (tertiary/aromatic N) is 2. The fraction of sp³-hybridized carbons (Fsp3) is 0.524. The molecule has 0 saturated heterocycles. The van der Waals surface area contributed by atoms with Crippen LogP contribution in [0.4, 0.5) is 0 Å². The number of aromatic nitrogens is 1. The van der Waals surface area contributed by atoms with Gasteiger partial charge < -0.3 is 24.6 Å². The van der Waals surface area contributed by atoms with Crippen LogP contribution in [0.2, 0.25) is 0 Å². The lowest BCUT2D eigenvalue weighted by Crippen LogP contribution is -2.36. The first-order valence-electron chi connectivity index (χ1n) is 9.87. The molecule has 0 aliphatic carbocycles. The van der Waals surface area contributed by atoms with E-state index in [-0.39, 0.29) is 0 Å². The van der Waals surface area contributed by atoms with Crippen LogP contribution >= 0.6 is 0 Å². The monoisotopic (exact) mass is 388 g/mol. The predicted molar refractivity (Wildman–Crippen MR) is 111 cm³/mol. The largest absolute Gasteiger partial charge is 0.493 e. The molecule has 0 atom stereocenters. The maximum absolute atomic E-state index is 5.71. The van der Waals surface area contributed by atoms with Gasteiger partial charge in [0, 0.05) is 32.1 Å². The molecule has 0 amide bonds. The Balaban J connectivity index is 1.96. The second-order valence-corrected chi connectivity index (χ2v) is 6.35. The molecule has 7 nitrogen and oxygen atoms in total. The van der Waals surface area contributed by atoms with Crippen molar-refractivity contribution in [3.63, 3.8) is 0 Å². The van der Waals surface area contributed by atoms with E-state index in [4.69, 9.17) is 14.0 Å². The van der Waals surface area contributed by atoms with Crippen LogP contribution in [0, 0.1) is 0 Å². The van der Waals surface area contributed by atoms with Gasteiger partial charge in [0.1, 0.15) is 5.76 Å². The highest BCUT2D eigenvalue weighted by atomic mass is 16.5. The van der Waals surface area contributed by atoms with Crippen LogP contribution in [0.5, 0.6) is 11.5 Å². The number of rotatable bonds is 10. The molecule has 0 fully saturated rings. The molecule has 154 valence electrons. The summed E-state index contributed by atoms with van der Waals surface area (Å²) in [6.45, 7) is 8.15. The van der Waals surface area contributed by atoms with Crippen molar-refractivity contribution in [2.75, 3.05) is 20.8 Å². The third kappa shape index (κ3) is 5.65. The SMILES string of the molecule is CCCOc1ccc(CNC(=NC)NCc2c(CC)noc2CC)cc1OC. The van der Waals surface area contributed by atoms with Crippen LogP contribution < -0.4 is 20.1 Å². The van der Waals surface area contributed by atoms with E-state index in [9.17, 15) is 0 Å². The Kier molecular flexibility index (Phi) is 8.65. The molecule has 0 aliphatic heterocycles. The molecule has 0 aliphatic rings. The minimum absolute atomic E-state index is 0.620. The van der Waals surface area contributed by atoms with Gasteiger partial charge in [0.2, 0.25) is 0 Å². The summed E-state index contributed by atoms with van der Waals surface area (Å²) in [5.41, 5.74) is 3.19. The normalized spacial score (nSPS) is 11.4. The molecule has 2 N–H and O–H groups in total. The lowest BCUT2D eigenvalue weighted by atomic mass is 10.1. The van der Waals surface area contributed by atoms with Gasteiger partial charge in [0.15, 0.2) is 17.5 Å². The molecule has 28 heavy (non-hydrogen) atoms. The average Bonchev–Trinajstić information content (AvgIpc) is 3.14. The van der Waals surface area contributed by atoms with Crippen molar-refractivity contribution in [1.82, 2.24) is 15.8 Å². The Bertz CT molecular complexity index is 750. The summed E-state index contributed by atoms with van der Waals surface area (Å²) in [5.74, 6) is 3.14. The average molecular weight is 389 g/mol. The number of benzene rings is 1. The molecule has 0 radical (unpaired) electrons. The van der Waals surface area contributed by atoms with Crippen LogP contribution in [0.15, 0.2) is 27.7 Å². The van der Waals surface area contributed by atoms with Gasteiger partial charge in [-0.1, -0.05) is 32.0 Å². The highest BCUT2D eigenvalue weighted by molar-refractivity contribution is 5.79. The van der Waals surface area contributed by atoms with Crippen molar-refractivity contribution in [1.29, 1.82) is 0 Å². The maximum atomic E-state index is 5.71. The first-order valence-corrected chi connectivity index (χ1v) is 9.87. The molecule has 0 bridgehead atoms. The number of guanidine groups is 1. The third-order valence-electron chi connectivity index (χ3n) is 4.41. The molecule has 0 spiro atoms. The molecule has 7 heteroatoms. The van der Waals surface area contributed by atoms with E-state index in [1.807, 2.05) is 18.2 Å². The van der Waals surface area contributed by atoms with E-state index in [1.54, 1.807) is 14.2 Å². The van der Waals surface area contributed by atoms with E-state index in [2.05, 4.69) is 41.6 Å². The first-order chi connectivity index (χ1) is 13.7. The molecule has 1 heterocycles. The topological polar surface area (TPSA) is 80.9 Å². The summed E-state index contributed by atoms with van der Waals surface area (Å²) in [4.78, 5) is 4.30. The Morgan fingerprint density at radius 1 is 1.11 bits per heavy atom. The highest BCUT2D eigenvalue weighted by Crippen LogP contribution is 2.28. The van der Waals surface area contributed by atoms with Gasteiger partial charge in [-0.2, -0.15) is 0 Å². The quantitative estimate of drug-likeness (QED) is 0.479. The van der Waals surface area contributed by atoms with Gasteiger partial charge in [-0.25, -0.2) is 0 Å². The third-order valence-corrected chi connectivity index (χ3v) is 4.41. The molecule has 0 saturated carbocycles. The number of aryl methyl sites for hydroxylation is 2. The van der Waals surface area contributed by atoms with Gasteiger partial charge >= 0.3 is 0 Å².